The maximum absolute atomic E-state index is 11.1. The summed E-state index contributed by atoms with van der Waals surface area (Å²) in [6.07, 6.45) is 0. The maximum Gasteiger partial charge on any atom is 0.315 e. The second-order valence-corrected chi connectivity index (χ2v) is 3.17. The number of fused-ring (bicyclic) bond motifs is 1. The number of carbonyl (C=O) groups is 2. The molecule has 5 heteroatoms. The molecule has 0 bridgehead atoms. The third kappa shape index (κ3) is 0.929. The lowest BCUT2D eigenvalue weighted by Gasteiger charge is -2.29. The third-order valence-corrected chi connectivity index (χ3v) is 2.32. The Bertz CT molecular complexity index is 241. The van der Waals surface area contributed by atoms with Gasteiger partial charge in [-0.3, -0.25) is 4.79 Å². The number of nitrogens with one attached hydrogen (secondary N) is 2. The van der Waals surface area contributed by atoms with Gasteiger partial charge in [-0.2, -0.15) is 0 Å². The number of carbonyl (C=O) groups excluding carboxylic acids is 2. The van der Waals surface area contributed by atoms with E-state index in [-0.39, 0.29) is 30.0 Å². The van der Waals surface area contributed by atoms with E-state index in [0.717, 1.165) is 0 Å². The van der Waals surface area contributed by atoms with Gasteiger partial charge in [-0.25, -0.2) is 4.79 Å². The van der Waals surface area contributed by atoms with Crippen LogP contribution in [0, 0.1) is 5.92 Å². The van der Waals surface area contributed by atoms with Crippen molar-refractivity contribution in [2.75, 3.05) is 6.61 Å². The van der Waals surface area contributed by atoms with Crippen LogP contribution in [0.4, 0.5) is 4.79 Å². The standard InChI is InChI=1S/C7H10N2O3/c1-3-5-4(2-12-6(5)10)9-7(11)8-3/h3-5H,2H2,1H3,(H2,8,9,11). The van der Waals surface area contributed by atoms with Gasteiger partial charge in [-0.1, -0.05) is 0 Å². The number of urea groups is 1. The molecule has 2 aliphatic heterocycles. The molecule has 0 aliphatic carbocycles. The molecule has 66 valence electrons. The van der Waals surface area contributed by atoms with E-state index < -0.39 is 0 Å². The Morgan fingerprint density at radius 1 is 1.42 bits per heavy atom. The molecule has 0 radical (unpaired) electrons. The molecule has 0 aromatic heterocycles. The van der Waals surface area contributed by atoms with Crippen LogP contribution in [-0.4, -0.2) is 30.7 Å². The Morgan fingerprint density at radius 2 is 2.17 bits per heavy atom. The molecule has 2 saturated heterocycles. The van der Waals surface area contributed by atoms with Crippen LogP contribution in [-0.2, 0) is 9.53 Å². The number of cyclic esters (lactones) is 1. The van der Waals surface area contributed by atoms with Gasteiger partial charge in [-0.05, 0) is 6.92 Å². The summed E-state index contributed by atoms with van der Waals surface area (Å²) in [5, 5.41) is 5.27. The molecule has 2 heterocycles. The van der Waals surface area contributed by atoms with E-state index in [1.165, 1.54) is 0 Å². The predicted octanol–water partition coefficient (Wildman–Crippen LogP) is -0.771. The lowest BCUT2D eigenvalue weighted by atomic mass is 9.93. The van der Waals surface area contributed by atoms with Crippen molar-refractivity contribution in [1.82, 2.24) is 10.6 Å². The largest absolute Gasteiger partial charge is 0.463 e. The highest BCUT2D eigenvalue weighted by atomic mass is 16.5. The minimum atomic E-state index is -0.222. The Kier molecular flexibility index (Phi) is 1.46. The first-order valence-electron chi connectivity index (χ1n) is 3.92. The molecule has 3 unspecified atom stereocenters. The van der Waals surface area contributed by atoms with Crippen LogP contribution in [0.5, 0.6) is 0 Å². The van der Waals surface area contributed by atoms with Crippen LogP contribution in [0.3, 0.4) is 0 Å². The zero-order valence-corrected chi connectivity index (χ0v) is 6.66. The molecular formula is C7H10N2O3. The fourth-order valence-corrected chi connectivity index (χ4v) is 1.73. The van der Waals surface area contributed by atoms with Gasteiger partial charge >= 0.3 is 12.0 Å². The normalized spacial score (nSPS) is 39.6. The number of ether oxygens (including phenoxy) is 1. The molecule has 5 nitrogen and oxygen atoms in total. The number of rotatable bonds is 0. The monoisotopic (exact) mass is 170 g/mol. The van der Waals surface area contributed by atoms with Gasteiger partial charge in [0.1, 0.15) is 12.5 Å². The van der Waals surface area contributed by atoms with E-state index in [9.17, 15) is 9.59 Å². The summed E-state index contributed by atoms with van der Waals surface area (Å²) in [6, 6.07) is -0.484. The second-order valence-electron chi connectivity index (χ2n) is 3.17. The van der Waals surface area contributed by atoms with E-state index in [0.29, 0.717) is 6.61 Å². The van der Waals surface area contributed by atoms with Crippen molar-refractivity contribution >= 4 is 12.0 Å². The van der Waals surface area contributed by atoms with Crippen LogP contribution in [0.1, 0.15) is 6.92 Å². The Labute approximate surface area is 69.5 Å². The topological polar surface area (TPSA) is 67.4 Å². The van der Waals surface area contributed by atoms with Gasteiger partial charge in [0.15, 0.2) is 0 Å². The molecular weight excluding hydrogens is 160 g/mol. The Hall–Kier alpha value is -1.26. The molecule has 2 N–H and O–H groups in total. The zero-order valence-electron chi connectivity index (χ0n) is 6.66. The molecule has 0 spiro atoms. The average Bonchev–Trinajstić information content (AvgIpc) is 2.31. The van der Waals surface area contributed by atoms with Gasteiger partial charge in [0.05, 0.1) is 6.04 Å². The summed E-state index contributed by atoms with van der Waals surface area (Å²) >= 11 is 0. The quantitative estimate of drug-likeness (QED) is 0.469. The van der Waals surface area contributed by atoms with Crippen LogP contribution in [0.25, 0.3) is 0 Å². The lowest BCUT2D eigenvalue weighted by molar-refractivity contribution is -0.141. The SMILES string of the molecule is CC1NC(=O)NC2COC(=O)C12. The molecule has 0 aromatic rings. The molecule has 2 rings (SSSR count). The Morgan fingerprint density at radius 3 is 2.92 bits per heavy atom. The Balaban J connectivity index is 2.19. The van der Waals surface area contributed by atoms with Gasteiger partial charge in [0.25, 0.3) is 0 Å². The predicted molar refractivity (Wildman–Crippen MR) is 39.4 cm³/mol. The van der Waals surface area contributed by atoms with E-state index in [2.05, 4.69) is 10.6 Å². The van der Waals surface area contributed by atoms with Crippen molar-refractivity contribution in [2.45, 2.75) is 19.0 Å². The molecule has 2 amide bonds. The van der Waals surface area contributed by atoms with E-state index >= 15 is 0 Å². The highest BCUT2D eigenvalue weighted by molar-refractivity contribution is 5.83. The lowest BCUT2D eigenvalue weighted by Crippen LogP contribution is -2.59. The van der Waals surface area contributed by atoms with E-state index in [1.54, 1.807) is 0 Å². The molecule has 0 aromatic carbocycles. The highest BCUT2D eigenvalue weighted by Gasteiger charge is 2.44. The van der Waals surface area contributed by atoms with Crippen molar-refractivity contribution in [3.63, 3.8) is 0 Å². The van der Waals surface area contributed by atoms with Gasteiger partial charge in [-0.15, -0.1) is 0 Å². The fourth-order valence-electron chi connectivity index (χ4n) is 1.73. The summed E-state index contributed by atoms with van der Waals surface area (Å²) < 4.78 is 4.82. The summed E-state index contributed by atoms with van der Waals surface area (Å²) in [5.41, 5.74) is 0. The fraction of sp³-hybridized carbons (Fsp3) is 0.714. The van der Waals surface area contributed by atoms with Crippen molar-refractivity contribution in [1.29, 1.82) is 0 Å². The third-order valence-electron chi connectivity index (χ3n) is 2.32. The first-order valence-corrected chi connectivity index (χ1v) is 3.92. The van der Waals surface area contributed by atoms with Crippen molar-refractivity contribution in [3.8, 4) is 0 Å². The van der Waals surface area contributed by atoms with Gasteiger partial charge < -0.3 is 15.4 Å². The molecule has 2 aliphatic rings. The summed E-state index contributed by atoms with van der Waals surface area (Å²) in [6.45, 7) is 2.12. The summed E-state index contributed by atoms with van der Waals surface area (Å²) in [4.78, 5) is 22.0. The molecule has 12 heavy (non-hydrogen) atoms. The number of hydrogen-bond donors (Lipinski definition) is 2. The summed E-state index contributed by atoms with van der Waals surface area (Å²) in [5.74, 6) is -0.442. The minimum absolute atomic E-state index is 0.126. The number of esters is 1. The molecule has 0 saturated carbocycles. The van der Waals surface area contributed by atoms with Crippen LogP contribution >= 0.6 is 0 Å². The van der Waals surface area contributed by atoms with Crippen LogP contribution in [0.2, 0.25) is 0 Å². The minimum Gasteiger partial charge on any atom is -0.463 e. The first kappa shape index (κ1) is 7.39. The molecule has 2 fully saturated rings. The van der Waals surface area contributed by atoms with Crippen LogP contribution in [0.15, 0.2) is 0 Å². The smallest absolute Gasteiger partial charge is 0.315 e. The van der Waals surface area contributed by atoms with Crippen molar-refractivity contribution < 1.29 is 14.3 Å². The maximum atomic E-state index is 11.1. The average molecular weight is 170 g/mol. The van der Waals surface area contributed by atoms with Gasteiger partial charge in [0.2, 0.25) is 0 Å². The second kappa shape index (κ2) is 2.36. The highest BCUT2D eigenvalue weighted by Crippen LogP contribution is 2.21. The summed E-state index contributed by atoms with van der Waals surface area (Å²) in [7, 11) is 0. The van der Waals surface area contributed by atoms with Crippen molar-refractivity contribution in [3.05, 3.63) is 0 Å². The van der Waals surface area contributed by atoms with Gasteiger partial charge in [0, 0.05) is 6.04 Å². The molecule has 3 atom stereocenters. The zero-order chi connectivity index (χ0) is 8.72. The van der Waals surface area contributed by atoms with Crippen LogP contribution < -0.4 is 10.6 Å². The number of amides is 2. The first-order chi connectivity index (χ1) is 5.68. The van der Waals surface area contributed by atoms with E-state index in [4.69, 9.17) is 4.74 Å². The number of hydrogen-bond acceptors (Lipinski definition) is 3. The van der Waals surface area contributed by atoms with Crippen molar-refractivity contribution in [2.24, 2.45) is 5.92 Å². The van der Waals surface area contributed by atoms with E-state index in [1.807, 2.05) is 6.92 Å².